The van der Waals surface area contributed by atoms with Gasteiger partial charge in [-0.05, 0) is 12.8 Å². The molecule has 11 heavy (non-hydrogen) atoms. The van der Waals surface area contributed by atoms with E-state index in [0.29, 0.717) is 12.6 Å². The summed E-state index contributed by atoms with van der Waals surface area (Å²) >= 11 is 0. The first-order chi connectivity index (χ1) is 5.26. The van der Waals surface area contributed by atoms with Crippen molar-refractivity contribution in [3.63, 3.8) is 0 Å². The summed E-state index contributed by atoms with van der Waals surface area (Å²) < 4.78 is 0. The predicted molar refractivity (Wildman–Crippen MR) is 49.4 cm³/mol. The molecule has 2 unspecified atom stereocenters. The first-order valence-electron chi connectivity index (χ1n) is 4.45. The Morgan fingerprint density at radius 2 is 1.91 bits per heavy atom. The number of hydrogen-bond donors (Lipinski definition) is 3. The molecule has 0 bridgehead atoms. The van der Waals surface area contributed by atoms with E-state index in [-0.39, 0.29) is 6.04 Å². The Hall–Kier alpha value is -0.120. The molecule has 0 aliphatic rings. The quantitative estimate of drug-likeness (QED) is 0.513. The van der Waals surface area contributed by atoms with Gasteiger partial charge in [0.2, 0.25) is 0 Å². The zero-order valence-corrected chi connectivity index (χ0v) is 7.64. The molecule has 0 aliphatic heterocycles. The van der Waals surface area contributed by atoms with Gasteiger partial charge < -0.3 is 16.8 Å². The zero-order valence-electron chi connectivity index (χ0n) is 7.64. The molecule has 3 nitrogen and oxygen atoms in total. The Labute approximate surface area is 69.5 Å². The Morgan fingerprint density at radius 3 is 2.27 bits per heavy atom. The average molecular weight is 159 g/mol. The van der Waals surface area contributed by atoms with Crippen molar-refractivity contribution in [1.29, 1.82) is 0 Å². The Bertz CT molecular complexity index is 85.4. The number of nitrogens with one attached hydrogen (secondary N) is 1. The molecular formula is C8H21N3. The van der Waals surface area contributed by atoms with Crippen LogP contribution in [0.4, 0.5) is 0 Å². The molecule has 0 spiro atoms. The van der Waals surface area contributed by atoms with Gasteiger partial charge in [0.1, 0.15) is 0 Å². The van der Waals surface area contributed by atoms with Crippen LogP contribution in [-0.4, -0.2) is 25.2 Å². The van der Waals surface area contributed by atoms with E-state index in [0.717, 1.165) is 19.4 Å². The van der Waals surface area contributed by atoms with Crippen LogP contribution < -0.4 is 16.8 Å². The number of rotatable bonds is 6. The normalized spacial score (nSPS) is 16.4. The van der Waals surface area contributed by atoms with Crippen molar-refractivity contribution in [2.45, 2.75) is 38.8 Å². The number of hydrogen-bond acceptors (Lipinski definition) is 3. The van der Waals surface area contributed by atoms with Gasteiger partial charge in [0.05, 0.1) is 0 Å². The van der Waals surface area contributed by atoms with Crippen LogP contribution in [0.1, 0.15) is 26.7 Å². The third-order valence-corrected chi connectivity index (χ3v) is 1.98. The first kappa shape index (κ1) is 10.9. The highest BCUT2D eigenvalue weighted by Gasteiger charge is 2.11. The van der Waals surface area contributed by atoms with Crippen LogP contribution in [0.2, 0.25) is 0 Å². The summed E-state index contributed by atoms with van der Waals surface area (Å²) in [5.41, 5.74) is 11.2. The molecule has 0 heterocycles. The van der Waals surface area contributed by atoms with Crippen molar-refractivity contribution in [2.24, 2.45) is 11.5 Å². The second kappa shape index (κ2) is 6.58. The fraction of sp³-hybridized carbons (Fsp3) is 1.00. The third-order valence-electron chi connectivity index (χ3n) is 1.98. The van der Waals surface area contributed by atoms with Crippen molar-refractivity contribution in [3.8, 4) is 0 Å². The highest BCUT2D eigenvalue weighted by Crippen LogP contribution is 1.98. The minimum absolute atomic E-state index is 0.270. The summed E-state index contributed by atoms with van der Waals surface area (Å²) in [6.45, 7) is 5.81. The van der Waals surface area contributed by atoms with E-state index in [4.69, 9.17) is 11.5 Å². The lowest BCUT2D eigenvalue weighted by Gasteiger charge is -2.22. The molecular weight excluding hydrogens is 138 g/mol. The smallest absolute Gasteiger partial charge is 0.0216 e. The average Bonchev–Trinajstić information content (AvgIpc) is 2.05. The maximum absolute atomic E-state index is 5.87. The molecule has 0 saturated carbocycles. The SMILES string of the molecule is CCC(N)C(CC)NCCN. The minimum atomic E-state index is 0.270. The van der Waals surface area contributed by atoms with Gasteiger partial charge >= 0.3 is 0 Å². The Kier molecular flexibility index (Phi) is 6.51. The van der Waals surface area contributed by atoms with Crippen molar-refractivity contribution >= 4 is 0 Å². The molecule has 0 saturated heterocycles. The predicted octanol–water partition coefficient (Wildman–Crippen LogP) is 0.0506. The molecule has 0 amide bonds. The van der Waals surface area contributed by atoms with Crippen LogP contribution >= 0.6 is 0 Å². The van der Waals surface area contributed by atoms with Crippen LogP contribution in [0.25, 0.3) is 0 Å². The van der Waals surface area contributed by atoms with Crippen LogP contribution in [-0.2, 0) is 0 Å². The van der Waals surface area contributed by atoms with Gasteiger partial charge in [0.25, 0.3) is 0 Å². The van der Waals surface area contributed by atoms with Crippen LogP contribution in [0.15, 0.2) is 0 Å². The Morgan fingerprint density at radius 1 is 1.27 bits per heavy atom. The van der Waals surface area contributed by atoms with E-state index in [1.165, 1.54) is 0 Å². The molecule has 2 atom stereocenters. The fourth-order valence-corrected chi connectivity index (χ4v) is 1.15. The monoisotopic (exact) mass is 159 g/mol. The lowest BCUT2D eigenvalue weighted by atomic mass is 10.0. The summed E-state index contributed by atoms with van der Waals surface area (Å²) in [4.78, 5) is 0. The lowest BCUT2D eigenvalue weighted by molar-refractivity contribution is 0.414. The lowest BCUT2D eigenvalue weighted by Crippen LogP contribution is -2.45. The van der Waals surface area contributed by atoms with E-state index in [1.54, 1.807) is 0 Å². The second-order valence-corrected chi connectivity index (χ2v) is 2.83. The maximum atomic E-state index is 5.87. The minimum Gasteiger partial charge on any atom is -0.329 e. The van der Waals surface area contributed by atoms with E-state index in [9.17, 15) is 0 Å². The van der Waals surface area contributed by atoms with Gasteiger partial charge in [-0.1, -0.05) is 13.8 Å². The number of nitrogens with two attached hydrogens (primary N) is 2. The summed E-state index contributed by atoms with van der Waals surface area (Å²) in [6.07, 6.45) is 2.10. The van der Waals surface area contributed by atoms with Gasteiger partial charge in [-0.3, -0.25) is 0 Å². The van der Waals surface area contributed by atoms with Crippen molar-refractivity contribution in [3.05, 3.63) is 0 Å². The Balaban J connectivity index is 3.56. The summed E-state index contributed by atoms with van der Waals surface area (Å²) in [7, 11) is 0. The first-order valence-corrected chi connectivity index (χ1v) is 4.45. The van der Waals surface area contributed by atoms with E-state index < -0.39 is 0 Å². The van der Waals surface area contributed by atoms with Gasteiger partial charge in [0, 0.05) is 25.2 Å². The molecule has 0 aromatic carbocycles. The van der Waals surface area contributed by atoms with Crippen molar-refractivity contribution in [2.75, 3.05) is 13.1 Å². The van der Waals surface area contributed by atoms with E-state index in [1.807, 2.05) is 0 Å². The van der Waals surface area contributed by atoms with Crippen LogP contribution in [0, 0.1) is 0 Å². The van der Waals surface area contributed by atoms with Crippen molar-refractivity contribution < 1.29 is 0 Å². The maximum Gasteiger partial charge on any atom is 0.0216 e. The van der Waals surface area contributed by atoms with Gasteiger partial charge in [-0.25, -0.2) is 0 Å². The molecule has 0 aliphatic carbocycles. The molecule has 0 rings (SSSR count). The largest absolute Gasteiger partial charge is 0.329 e. The molecule has 3 heteroatoms. The molecule has 0 fully saturated rings. The summed E-state index contributed by atoms with van der Waals surface area (Å²) in [5, 5.41) is 3.32. The molecule has 68 valence electrons. The van der Waals surface area contributed by atoms with Crippen LogP contribution in [0.5, 0.6) is 0 Å². The van der Waals surface area contributed by atoms with Gasteiger partial charge in [0.15, 0.2) is 0 Å². The molecule has 0 aromatic rings. The highest BCUT2D eigenvalue weighted by molar-refractivity contribution is 4.76. The standard InChI is InChI=1S/C8H21N3/c1-3-7(10)8(4-2)11-6-5-9/h7-8,11H,3-6,9-10H2,1-2H3. The molecule has 0 aromatic heterocycles. The zero-order chi connectivity index (χ0) is 8.69. The highest BCUT2D eigenvalue weighted by atomic mass is 15.0. The van der Waals surface area contributed by atoms with E-state index >= 15 is 0 Å². The van der Waals surface area contributed by atoms with Crippen LogP contribution in [0.3, 0.4) is 0 Å². The van der Waals surface area contributed by atoms with Gasteiger partial charge in [-0.2, -0.15) is 0 Å². The molecule has 0 radical (unpaired) electrons. The molecule has 5 N–H and O–H groups in total. The fourth-order valence-electron chi connectivity index (χ4n) is 1.15. The van der Waals surface area contributed by atoms with Gasteiger partial charge in [-0.15, -0.1) is 0 Å². The summed E-state index contributed by atoms with van der Waals surface area (Å²) in [6, 6.07) is 0.704. The topological polar surface area (TPSA) is 64.1 Å². The third kappa shape index (κ3) is 4.35. The second-order valence-electron chi connectivity index (χ2n) is 2.83. The van der Waals surface area contributed by atoms with Crippen molar-refractivity contribution in [1.82, 2.24) is 5.32 Å². The van der Waals surface area contributed by atoms with E-state index in [2.05, 4.69) is 19.2 Å². The summed E-state index contributed by atoms with van der Waals surface area (Å²) in [5.74, 6) is 0.